The third-order valence-electron chi connectivity index (χ3n) is 4.83. The van der Waals surface area contributed by atoms with Crippen LogP contribution in [-0.2, 0) is 27.2 Å². The first-order chi connectivity index (χ1) is 15.0. The van der Waals surface area contributed by atoms with Crippen molar-refractivity contribution in [2.45, 2.75) is 44.9 Å². The predicted octanol–water partition coefficient (Wildman–Crippen LogP) is 5.54. The molecule has 3 rings (SSSR count). The number of rotatable bonds is 8. The Balaban J connectivity index is 1.40. The quantitative estimate of drug-likeness (QED) is 0.304. The molecule has 6 nitrogen and oxygen atoms in total. The van der Waals surface area contributed by atoms with E-state index in [9.17, 15) is 14.9 Å². The summed E-state index contributed by atoms with van der Waals surface area (Å²) in [6.07, 6.45) is 5.62. The Morgan fingerprint density at radius 1 is 1.19 bits per heavy atom. The van der Waals surface area contributed by atoms with Gasteiger partial charge in [0.2, 0.25) is 0 Å². The first kappa shape index (κ1) is 23.4. The zero-order valence-electron chi connectivity index (χ0n) is 16.8. The van der Waals surface area contributed by atoms with E-state index in [2.05, 4.69) is 11.4 Å². The van der Waals surface area contributed by atoms with Crippen LogP contribution in [0.4, 0.5) is 5.00 Å². The fraction of sp³-hybridized carbons (Fsp3) is 0.409. The molecule has 1 aliphatic carbocycles. The molecule has 31 heavy (non-hydrogen) atoms. The number of fused-ring (bicyclic) bond motifs is 1. The number of nitrogens with zero attached hydrogens (tertiary/aromatic N) is 1. The molecule has 2 aromatic rings. The summed E-state index contributed by atoms with van der Waals surface area (Å²) in [5, 5.41) is 13.7. The van der Waals surface area contributed by atoms with Gasteiger partial charge in [-0.3, -0.25) is 9.59 Å². The number of benzene rings is 1. The third-order valence-corrected chi connectivity index (χ3v) is 6.56. The summed E-state index contributed by atoms with van der Waals surface area (Å²) in [4.78, 5) is 25.3. The van der Waals surface area contributed by atoms with Crippen molar-refractivity contribution in [1.29, 1.82) is 5.26 Å². The van der Waals surface area contributed by atoms with Gasteiger partial charge in [-0.25, -0.2) is 0 Å². The van der Waals surface area contributed by atoms with Gasteiger partial charge in [-0.05, 0) is 55.9 Å². The predicted molar refractivity (Wildman–Crippen MR) is 121 cm³/mol. The lowest BCUT2D eigenvalue weighted by molar-refractivity contribution is -0.147. The number of hydrogen-bond acceptors (Lipinski definition) is 6. The van der Waals surface area contributed by atoms with Crippen LogP contribution in [0.2, 0.25) is 10.0 Å². The first-order valence-electron chi connectivity index (χ1n) is 10.1. The summed E-state index contributed by atoms with van der Waals surface area (Å²) in [5.74, 6) is -0.463. The Morgan fingerprint density at radius 3 is 2.77 bits per heavy atom. The Hall–Kier alpha value is -2.27. The highest BCUT2D eigenvalue weighted by Gasteiger charge is 2.21. The lowest BCUT2D eigenvalue weighted by Gasteiger charge is -2.08. The molecule has 0 fully saturated rings. The molecule has 0 spiro atoms. The molecule has 0 aliphatic heterocycles. The monoisotopic (exact) mass is 480 g/mol. The number of carbonyl (C=O) groups excluding carboxylic acids is 2. The molecule has 1 aliphatic rings. The number of halogens is 2. The van der Waals surface area contributed by atoms with Gasteiger partial charge >= 0.3 is 5.97 Å². The number of hydrogen-bond donors (Lipinski definition) is 1. The molecule has 0 radical (unpaired) electrons. The van der Waals surface area contributed by atoms with Crippen LogP contribution >= 0.6 is 34.5 Å². The molecule has 0 saturated heterocycles. The number of amides is 1. The third kappa shape index (κ3) is 6.60. The SMILES string of the molecule is N#Cc1c(NC(=O)COC(=O)CCCOc2ccc(Cl)cc2Cl)sc2c1CCCCC2. The number of esters is 1. The van der Waals surface area contributed by atoms with Crippen molar-refractivity contribution < 1.29 is 19.1 Å². The van der Waals surface area contributed by atoms with Crippen molar-refractivity contribution >= 4 is 51.4 Å². The van der Waals surface area contributed by atoms with Crippen molar-refractivity contribution in [2.24, 2.45) is 0 Å². The van der Waals surface area contributed by atoms with E-state index >= 15 is 0 Å². The Kier molecular flexibility index (Phi) is 8.59. The van der Waals surface area contributed by atoms with E-state index in [1.807, 2.05) is 0 Å². The molecular formula is C22H22Cl2N2O4S. The molecule has 1 aromatic carbocycles. The average Bonchev–Trinajstić information content (AvgIpc) is 2.90. The van der Waals surface area contributed by atoms with Crippen LogP contribution in [0, 0.1) is 11.3 Å². The number of anilines is 1. The van der Waals surface area contributed by atoms with Crippen LogP contribution in [0.15, 0.2) is 18.2 Å². The zero-order chi connectivity index (χ0) is 22.2. The Bertz CT molecular complexity index is 1000. The standard InChI is InChI=1S/C22H22Cl2N2O4S/c23-14-8-9-18(17(24)11-14)29-10-4-7-21(28)30-13-20(27)26-22-16(12-25)15-5-2-1-3-6-19(15)31-22/h8-9,11H,1-7,10,13H2,(H,26,27). The second-order valence-electron chi connectivity index (χ2n) is 7.12. The topological polar surface area (TPSA) is 88.4 Å². The van der Waals surface area contributed by atoms with Gasteiger partial charge in [-0.15, -0.1) is 11.3 Å². The summed E-state index contributed by atoms with van der Waals surface area (Å²) in [7, 11) is 0. The molecule has 164 valence electrons. The average molecular weight is 481 g/mol. The zero-order valence-corrected chi connectivity index (χ0v) is 19.2. The van der Waals surface area contributed by atoms with Crippen LogP contribution in [0.25, 0.3) is 0 Å². The number of carbonyl (C=O) groups is 2. The molecule has 1 aromatic heterocycles. The first-order valence-corrected chi connectivity index (χ1v) is 11.6. The molecular weight excluding hydrogens is 459 g/mol. The van der Waals surface area contributed by atoms with E-state index < -0.39 is 18.5 Å². The molecule has 0 bridgehead atoms. The van der Waals surface area contributed by atoms with Crippen molar-refractivity contribution in [3.63, 3.8) is 0 Å². The summed E-state index contributed by atoms with van der Waals surface area (Å²) in [6, 6.07) is 7.12. The summed E-state index contributed by atoms with van der Waals surface area (Å²) < 4.78 is 10.5. The Morgan fingerprint density at radius 2 is 2.00 bits per heavy atom. The van der Waals surface area contributed by atoms with Gasteiger partial charge in [0.15, 0.2) is 6.61 Å². The van der Waals surface area contributed by atoms with Crippen LogP contribution in [0.3, 0.4) is 0 Å². The van der Waals surface area contributed by atoms with Crippen LogP contribution in [-0.4, -0.2) is 25.1 Å². The maximum Gasteiger partial charge on any atom is 0.306 e. The lowest BCUT2D eigenvalue weighted by atomic mass is 10.1. The van der Waals surface area contributed by atoms with Gasteiger partial charge in [0.1, 0.15) is 16.8 Å². The maximum atomic E-state index is 12.2. The van der Waals surface area contributed by atoms with Crippen molar-refractivity contribution in [3.8, 4) is 11.8 Å². The van der Waals surface area contributed by atoms with Gasteiger partial charge in [0, 0.05) is 16.3 Å². The van der Waals surface area contributed by atoms with E-state index in [0.29, 0.717) is 32.8 Å². The molecule has 0 saturated carbocycles. The summed E-state index contributed by atoms with van der Waals surface area (Å²) in [6.45, 7) is -0.120. The molecule has 1 heterocycles. The minimum atomic E-state index is -0.497. The minimum absolute atomic E-state index is 0.106. The second-order valence-corrected chi connectivity index (χ2v) is 9.06. The number of nitriles is 1. The van der Waals surface area contributed by atoms with E-state index in [-0.39, 0.29) is 13.0 Å². The molecule has 9 heteroatoms. The number of ether oxygens (including phenoxy) is 2. The molecule has 0 unspecified atom stereocenters. The van der Waals surface area contributed by atoms with Crippen molar-refractivity contribution in [1.82, 2.24) is 0 Å². The number of thiophene rings is 1. The smallest absolute Gasteiger partial charge is 0.306 e. The molecule has 1 amide bonds. The van der Waals surface area contributed by atoms with Crippen LogP contribution in [0.5, 0.6) is 5.75 Å². The largest absolute Gasteiger partial charge is 0.492 e. The van der Waals surface area contributed by atoms with Crippen molar-refractivity contribution in [3.05, 3.63) is 44.2 Å². The lowest BCUT2D eigenvalue weighted by Crippen LogP contribution is -2.21. The highest BCUT2D eigenvalue weighted by Crippen LogP contribution is 2.37. The minimum Gasteiger partial charge on any atom is -0.492 e. The number of aryl methyl sites for hydroxylation is 1. The van der Waals surface area contributed by atoms with Gasteiger partial charge in [-0.2, -0.15) is 5.26 Å². The van der Waals surface area contributed by atoms with Crippen LogP contribution < -0.4 is 10.1 Å². The maximum absolute atomic E-state index is 12.2. The highest BCUT2D eigenvalue weighted by molar-refractivity contribution is 7.16. The van der Waals surface area contributed by atoms with E-state index in [1.165, 1.54) is 16.2 Å². The second kappa shape index (κ2) is 11.4. The summed E-state index contributed by atoms with van der Waals surface area (Å²) in [5.41, 5.74) is 1.60. The summed E-state index contributed by atoms with van der Waals surface area (Å²) >= 11 is 13.3. The van der Waals surface area contributed by atoms with Crippen molar-refractivity contribution in [2.75, 3.05) is 18.5 Å². The normalized spacial score (nSPS) is 12.9. The fourth-order valence-electron chi connectivity index (χ4n) is 3.32. The Labute approximate surface area is 195 Å². The fourth-order valence-corrected chi connectivity index (χ4v) is 5.04. The van der Waals surface area contributed by atoms with Gasteiger partial charge in [-0.1, -0.05) is 29.6 Å². The van der Waals surface area contributed by atoms with Gasteiger partial charge in [0.25, 0.3) is 5.91 Å². The molecule has 0 atom stereocenters. The van der Waals surface area contributed by atoms with Crippen LogP contribution in [0.1, 0.15) is 48.1 Å². The van der Waals surface area contributed by atoms with E-state index in [1.54, 1.807) is 18.2 Å². The highest BCUT2D eigenvalue weighted by atomic mass is 35.5. The van der Waals surface area contributed by atoms with Gasteiger partial charge in [0.05, 0.1) is 17.2 Å². The van der Waals surface area contributed by atoms with Gasteiger partial charge < -0.3 is 14.8 Å². The molecule has 1 N–H and O–H groups in total. The van der Waals surface area contributed by atoms with E-state index in [4.69, 9.17) is 32.7 Å². The van der Waals surface area contributed by atoms with E-state index in [0.717, 1.165) is 37.7 Å². The number of nitrogens with one attached hydrogen (secondary N) is 1.